The van der Waals surface area contributed by atoms with Gasteiger partial charge in [-0.05, 0) is 26.7 Å². The van der Waals surface area contributed by atoms with Crippen molar-refractivity contribution in [1.29, 1.82) is 0 Å². The fraction of sp³-hybridized carbons (Fsp3) is 0.800. The molecule has 1 saturated carbocycles. The Morgan fingerprint density at radius 1 is 1.27 bits per heavy atom. The van der Waals surface area contributed by atoms with Gasteiger partial charge in [0.05, 0.1) is 13.7 Å². The first-order valence-corrected chi connectivity index (χ1v) is 7.89. The van der Waals surface area contributed by atoms with Crippen molar-refractivity contribution >= 4 is 5.97 Å². The first-order chi connectivity index (χ1) is 10.5. The first-order valence-electron chi connectivity index (χ1n) is 7.89. The molecule has 0 bridgehead atoms. The molecule has 3 rings (SSSR count). The Morgan fingerprint density at radius 2 is 1.95 bits per heavy atom. The molecule has 0 spiro atoms. The maximum absolute atomic E-state index is 11.9. The average molecular weight is 308 g/mol. The normalized spacial score (nSPS) is 21.0. The zero-order chi connectivity index (χ0) is 15.7. The number of aromatic nitrogens is 2. The summed E-state index contributed by atoms with van der Waals surface area (Å²) in [5.41, 5.74) is -0.579. The Morgan fingerprint density at radius 3 is 2.55 bits per heavy atom. The number of piperazine rings is 1. The van der Waals surface area contributed by atoms with Gasteiger partial charge in [-0.1, -0.05) is 0 Å². The SMILES string of the molecule is COC(=O)C(C)(C)N1CCN(Cc2nnc(C3CC3)o2)CC1. The van der Waals surface area contributed by atoms with E-state index in [1.807, 2.05) is 13.8 Å². The summed E-state index contributed by atoms with van der Waals surface area (Å²) < 4.78 is 10.6. The van der Waals surface area contributed by atoms with E-state index in [4.69, 9.17) is 9.15 Å². The maximum Gasteiger partial charge on any atom is 0.325 e. The number of rotatable bonds is 5. The van der Waals surface area contributed by atoms with Gasteiger partial charge in [0.1, 0.15) is 5.54 Å². The molecule has 0 atom stereocenters. The Kier molecular flexibility index (Phi) is 4.18. The van der Waals surface area contributed by atoms with Gasteiger partial charge in [-0.15, -0.1) is 10.2 Å². The topological polar surface area (TPSA) is 71.7 Å². The van der Waals surface area contributed by atoms with Crippen LogP contribution in [-0.2, 0) is 16.1 Å². The Labute approximate surface area is 130 Å². The van der Waals surface area contributed by atoms with Crippen molar-refractivity contribution in [3.63, 3.8) is 0 Å². The molecule has 0 radical (unpaired) electrons. The molecular weight excluding hydrogens is 284 g/mol. The first kappa shape index (κ1) is 15.4. The molecular formula is C15H24N4O3. The molecule has 0 N–H and O–H groups in total. The summed E-state index contributed by atoms with van der Waals surface area (Å²) in [7, 11) is 1.44. The molecule has 1 aliphatic heterocycles. The van der Waals surface area contributed by atoms with Gasteiger partial charge in [0.25, 0.3) is 0 Å². The van der Waals surface area contributed by atoms with Gasteiger partial charge in [0.15, 0.2) is 0 Å². The minimum absolute atomic E-state index is 0.188. The van der Waals surface area contributed by atoms with Crippen molar-refractivity contribution in [3.05, 3.63) is 11.8 Å². The van der Waals surface area contributed by atoms with Crippen LogP contribution in [0.3, 0.4) is 0 Å². The molecule has 22 heavy (non-hydrogen) atoms. The van der Waals surface area contributed by atoms with E-state index in [1.54, 1.807) is 0 Å². The third kappa shape index (κ3) is 3.15. The van der Waals surface area contributed by atoms with Crippen molar-refractivity contribution in [2.75, 3.05) is 33.3 Å². The van der Waals surface area contributed by atoms with Crippen LogP contribution in [0.5, 0.6) is 0 Å². The number of esters is 1. The minimum Gasteiger partial charge on any atom is -0.468 e. The highest BCUT2D eigenvalue weighted by Crippen LogP contribution is 2.39. The van der Waals surface area contributed by atoms with Crippen LogP contribution in [0, 0.1) is 0 Å². The lowest BCUT2D eigenvalue weighted by Gasteiger charge is -2.41. The van der Waals surface area contributed by atoms with Gasteiger partial charge in [-0.2, -0.15) is 0 Å². The van der Waals surface area contributed by atoms with E-state index in [0.717, 1.165) is 32.1 Å². The van der Waals surface area contributed by atoms with E-state index in [-0.39, 0.29) is 5.97 Å². The lowest BCUT2D eigenvalue weighted by Crippen LogP contribution is -2.58. The molecule has 2 heterocycles. The summed E-state index contributed by atoms with van der Waals surface area (Å²) in [6.07, 6.45) is 2.34. The van der Waals surface area contributed by atoms with Crippen LogP contribution in [-0.4, -0.2) is 64.8 Å². The summed E-state index contributed by atoms with van der Waals surface area (Å²) in [6.45, 7) is 7.91. The number of carbonyl (C=O) groups excluding carboxylic acids is 1. The Balaban J connectivity index is 1.51. The molecule has 0 aromatic carbocycles. The molecule has 0 unspecified atom stereocenters. The van der Waals surface area contributed by atoms with Crippen LogP contribution in [0.1, 0.15) is 44.4 Å². The second kappa shape index (κ2) is 5.96. The summed E-state index contributed by atoms with van der Waals surface area (Å²) in [5, 5.41) is 8.25. The lowest BCUT2D eigenvalue weighted by molar-refractivity contribution is -0.154. The number of hydrogen-bond acceptors (Lipinski definition) is 7. The largest absolute Gasteiger partial charge is 0.468 e. The number of carbonyl (C=O) groups is 1. The zero-order valence-electron chi connectivity index (χ0n) is 13.5. The third-order valence-electron chi connectivity index (χ3n) is 4.62. The molecule has 1 aliphatic carbocycles. The molecule has 0 amide bonds. The number of methoxy groups -OCH3 is 1. The van der Waals surface area contributed by atoms with Crippen molar-refractivity contribution in [2.24, 2.45) is 0 Å². The van der Waals surface area contributed by atoms with Crippen molar-refractivity contribution in [1.82, 2.24) is 20.0 Å². The molecule has 2 aliphatic rings. The summed E-state index contributed by atoms with van der Waals surface area (Å²) >= 11 is 0. The van der Waals surface area contributed by atoms with Crippen LogP contribution < -0.4 is 0 Å². The molecule has 2 fully saturated rings. The smallest absolute Gasteiger partial charge is 0.325 e. The predicted molar refractivity (Wildman–Crippen MR) is 79.2 cm³/mol. The Hall–Kier alpha value is -1.47. The summed E-state index contributed by atoms with van der Waals surface area (Å²) in [6, 6.07) is 0. The molecule has 1 saturated heterocycles. The van der Waals surface area contributed by atoms with E-state index >= 15 is 0 Å². The summed E-state index contributed by atoms with van der Waals surface area (Å²) in [4.78, 5) is 16.3. The van der Waals surface area contributed by atoms with Crippen molar-refractivity contribution in [3.8, 4) is 0 Å². The Bertz CT molecular complexity index is 531. The standard InChI is InChI=1S/C15H24N4O3/c1-15(2,14(20)21-3)19-8-6-18(7-9-19)10-12-16-17-13(22-12)11-4-5-11/h11H,4-10H2,1-3H3. The zero-order valence-corrected chi connectivity index (χ0v) is 13.5. The van der Waals surface area contributed by atoms with E-state index < -0.39 is 5.54 Å². The van der Waals surface area contributed by atoms with Gasteiger partial charge in [0, 0.05) is 32.1 Å². The second-order valence-corrected chi connectivity index (χ2v) is 6.62. The summed E-state index contributed by atoms with van der Waals surface area (Å²) in [5.74, 6) is 1.80. The molecule has 122 valence electrons. The van der Waals surface area contributed by atoms with E-state index in [1.165, 1.54) is 20.0 Å². The quantitative estimate of drug-likeness (QED) is 0.752. The number of hydrogen-bond donors (Lipinski definition) is 0. The van der Waals surface area contributed by atoms with Crippen LogP contribution in [0.15, 0.2) is 4.42 Å². The fourth-order valence-electron chi connectivity index (χ4n) is 2.86. The minimum atomic E-state index is -0.579. The average Bonchev–Trinajstić information content (AvgIpc) is 3.27. The second-order valence-electron chi connectivity index (χ2n) is 6.62. The van der Waals surface area contributed by atoms with Crippen LogP contribution in [0.4, 0.5) is 0 Å². The van der Waals surface area contributed by atoms with Gasteiger partial charge in [-0.25, -0.2) is 0 Å². The van der Waals surface area contributed by atoms with Crippen LogP contribution in [0.2, 0.25) is 0 Å². The highest BCUT2D eigenvalue weighted by molar-refractivity contribution is 5.79. The van der Waals surface area contributed by atoms with E-state index in [9.17, 15) is 4.79 Å². The van der Waals surface area contributed by atoms with Crippen molar-refractivity contribution < 1.29 is 13.9 Å². The lowest BCUT2D eigenvalue weighted by atomic mass is 10.0. The number of ether oxygens (including phenoxy) is 1. The van der Waals surface area contributed by atoms with E-state index in [0.29, 0.717) is 18.4 Å². The van der Waals surface area contributed by atoms with Gasteiger partial charge < -0.3 is 9.15 Å². The van der Waals surface area contributed by atoms with Gasteiger partial charge in [-0.3, -0.25) is 14.6 Å². The highest BCUT2D eigenvalue weighted by atomic mass is 16.5. The molecule has 7 heteroatoms. The molecule has 1 aromatic rings. The third-order valence-corrected chi connectivity index (χ3v) is 4.62. The molecule has 1 aromatic heterocycles. The van der Waals surface area contributed by atoms with Crippen LogP contribution in [0.25, 0.3) is 0 Å². The predicted octanol–water partition coefficient (Wildman–Crippen LogP) is 1.02. The number of nitrogens with zero attached hydrogens (tertiary/aromatic N) is 4. The van der Waals surface area contributed by atoms with Crippen molar-refractivity contribution in [2.45, 2.75) is 44.7 Å². The monoisotopic (exact) mass is 308 g/mol. The van der Waals surface area contributed by atoms with Crippen LogP contribution >= 0.6 is 0 Å². The van der Waals surface area contributed by atoms with Gasteiger partial charge >= 0.3 is 5.97 Å². The highest BCUT2D eigenvalue weighted by Gasteiger charge is 2.37. The van der Waals surface area contributed by atoms with Gasteiger partial charge in [0.2, 0.25) is 11.8 Å². The van der Waals surface area contributed by atoms with E-state index in [2.05, 4.69) is 20.0 Å². The maximum atomic E-state index is 11.9. The molecule has 7 nitrogen and oxygen atoms in total. The fourth-order valence-corrected chi connectivity index (χ4v) is 2.86.